The molecule has 1 amide bonds. The first-order valence-electron chi connectivity index (χ1n) is 11.6. The number of piperidine rings is 1. The fourth-order valence-corrected chi connectivity index (χ4v) is 7.14. The lowest BCUT2D eigenvalue weighted by Crippen LogP contribution is -2.50. The van der Waals surface area contributed by atoms with Gasteiger partial charge in [0.15, 0.2) is 0 Å². The zero-order chi connectivity index (χ0) is 24.0. The van der Waals surface area contributed by atoms with E-state index in [1.807, 2.05) is 0 Å². The first kappa shape index (κ1) is 23.2. The number of amides is 1. The summed E-state index contributed by atoms with van der Waals surface area (Å²) in [5.74, 6) is -0.786. The van der Waals surface area contributed by atoms with Crippen LogP contribution in [0.2, 0.25) is 0 Å². The number of aryl methyl sites for hydroxylation is 1. The van der Waals surface area contributed by atoms with Crippen molar-refractivity contribution in [3.63, 3.8) is 0 Å². The predicted octanol–water partition coefficient (Wildman–Crippen LogP) is 2.75. The van der Waals surface area contributed by atoms with E-state index in [9.17, 15) is 17.6 Å². The number of fused-ring (bicyclic) bond motifs is 1. The van der Waals surface area contributed by atoms with Crippen molar-refractivity contribution in [2.75, 3.05) is 44.7 Å². The number of ether oxygens (including phenoxy) is 1. The number of carbonyl (C=O) groups is 1. The van der Waals surface area contributed by atoms with Gasteiger partial charge in [0.1, 0.15) is 10.7 Å². The number of H-pyrrole nitrogens is 1. The monoisotopic (exact) mass is 488 g/mol. The van der Waals surface area contributed by atoms with Crippen molar-refractivity contribution in [2.45, 2.75) is 37.6 Å². The van der Waals surface area contributed by atoms with Crippen LogP contribution in [0.5, 0.6) is 0 Å². The summed E-state index contributed by atoms with van der Waals surface area (Å²) in [5, 5.41) is 2.72. The van der Waals surface area contributed by atoms with Gasteiger partial charge in [-0.3, -0.25) is 9.69 Å². The number of aromatic nitrogens is 1. The Kier molecular flexibility index (Phi) is 6.09. The summed E-state index contributed by atoms with van der Waals surface area (Å²) in [6.45, 7) is 7.66. The molecule has 1 aromatic carbocycles. The highest BCUT2D eigenvalue weighted by molar-refractivity contribution is 7.89. The second-order valence-corrected chi connectivity index (χ2v) is 11.0. The molecule has 10 heteroatoms. The van der Waals surface area contributed by atoms with Crippen LogP contribution in [-0.2, 0) is 19.6 Å². The summed E-state index contributed by atoms with van der Waals surface area (Å²) >= 11 is 0. The van der Waals surface area contributed by atoms with Gasteiger partial charge in [-0.05, 0) is 56.5 Å². The zero-order valence-electron chi connectivity index (χ0n) is 19.4. The maximum absolute atomic E-state index is 13.8. The average Bonchev–Trinajstić information content (AvgIpc) is 3.29. The second-order valence-electron chi connectivity index (χ2n) is 9.10. The zero-order valence-corrected chi connectivity index (χ0v) is 20.2. The standard InChI is InChI=1S/C24H29FN4O4S/c1-15-22(14-20-19-13-17(25)3-4-21(19)27-24(20)30)26-16(2)23(15)34(31,32)29-7-5-18(6-8-29)28-9-11-33-12-10-28/h3-4,13-14,18,26H,5-12H2,1-2H3,(H,27,30)/b20-14-. The molecule has 4 heterocycles. The van der Waals surface area contributed by atoms with Gasteiger partial charge in [0.05, 0.1) is 18.8 Å². The van der Waals surface area contributed by atoms with Gasteiger partial charge in [-0.15, -0.1) is 0 Å². The minimum Gasteiger partial charge on any atom is -0.379 e. The number of rotatable bonds is 4. The van der Waals surface area contributed by atoms with E-state index in [0.29, 0.717) is 52.9 Å². The maximum atomic E-state index is 13.8. The quantitative estimate of drug-likeness (QED) is 0.646. The van der Waals surface area contributed by atoms with Gasteiger partial charge in [-0.2, -0.15) is 4.31 Å². The fraction of sp³-hybridized carbons (Fsp3) is 0.458. The third-order valence-corrected chi connectivity index (χ3v) is 9.22. The highest BCUT2D eigenvalue weighted by Gasteiger charge is 2.35. The number of anilines is 1. The smallest absolute Gasteiger partial charge is 0.256 e. The minimum atomic E-state index is -3.70. The van der Waals surface area contributed by atoms with Crippen LogP contribution in [0.3, 0.4) is 0 Å². The van der Waals surface area contributed by atoms with E-state index < -0.39 is 15.8 Å². The van der Waals surface area contributed by atoms with E-state index in [1.54, 1.807) is 24.2 Å². The molecular weight excluding hydrogens is 459 g/mol. The molecule has 0 aliphatic carbocycles. The van der Waals surface area contributed by atoms with Gasteiger partial charge in [-0.25, -0.2) is 12.8 Å². The summed E-state index contributed by atoms with van der Waals surface area (Å²) in [6, 6.07) is 4.50. The molecule has 182 valence electrons. The van der Waals surface area contributed by atoms with Crippen LogP contribution in [0, 0.1) is 19.7 Å². The summed E-state index contributed by atoms with van der Waals surface area (Å²) in [7, 11) is -3.70. The van der Waals surface area contributed by atoms with Crippen molar-refractivity contribution < 1.29 is 22.3 Å². The molecule has 2 fully saturated rings. The molecule has 3 aliphatic heterocycles. The number of hydrogen-bond donors (Lipinski definition) is 2. The lowest BCUT2D eigenvalue weighted by Gasteiger charge is -2.39. The predicted molar refractivity (Wildman–Crippen MR) is 127 cm³/mol. The molecule has 5 rings (SSSR count). The Morgan fingerprint density at radius 3 is 2.53 bits per heavy atom. The van der Waals surface area contributed by atoms with Crippen LogP contribution in [0.15, 0.2) is 23.1 Å². The molecular formula is C24H29FN4O4S. The lowest BCUT2D eigenvalue weighted by atomic mass is 10.0. The van der Waals surface area contributed by atoms with Crippen LogP contribution < -0.4 is 5.32 Å². The van der Waals surface area contributed by atoms with Crippen LogP contribution >= 0.6 is 0 Å². The number of hydrogen-bond acceptors (Lipinski definition) is 5. The number of morpholine rings is 1. The average molecular weight is 489 g/mol. The van der Waals surface area contributed by atoms with Gasteiger partial charge in [-0.1, -0.05) is 0 Å². The molecule has 2 aromatic rings. The molecule has 0 unspecified atom stereocenters. The van der Waals surface area contributed by atoms with Gasteiger partial charge < -0.3 is 15.0 Å². The summed E-state index contributed by atoms with van der Waals surface area (Å²) < 4.78 is 48.0. The summed E-state index contributed by atoms with van der Waals surface area (Å²) in [5.41, 5.74) is 2.91. The molecule has 2 N–H and O–H groups in total. The summed E-state index contributed by atoms with van der Waals surface area (Å²) in [6.07, 6.45) is 3.19. The summed E-state index contributed by atoms with van der Waals surface area (Å²) in [4.78, 5) is 18.3. The van der Waals surface area contributed by atoms with E-state index in [0.717, 1.165) is 39.1 Å². The first-order valence-corrected chi connectivity index (χ1v) is 13.0. The molecule has 0 saturated carbocycles. The van der Waals surface area contributed by atoms with Crippen LogP contribution in [0.25, 0.3) is 11.6 Å². The number of sulfonamides is 1. The largest absolute Gasteiger partial charge is 0.379 e. The molecule has 1 aromatic heterocycles. The minimum absolute atomic E-state index is 0.252. The molecule has 0 spiro atoms. The van der Waals surface area contributed by atoms with Crippen LogP contribution in [-0.4, -0.2) is 73.9 Å². The van der Waals surface area contributed by atoms with E-state index in [-0.39, 0.29) is 10.8 Å². The molecule has 0 bridgehead atoms. The van der Waals surface area contributed by atoms with Crippen molar-refractivity contribution in [2.24, 2.45) is 0 Å². The third kappa shape index (κ3) is 4.08. The van der Waals surface area contributed by atoms with Crippen LogP contribution in [0.1, 0.15) is 35.4 Å². The molecule has 0 atom stereocenters. The highest BCUT2D eigenvalue weighted by Crippen LogP contribution is 2.36. The number of carbonyl (C=O) groups excluding carboxylic acids is 1. The number of nitrogens with zero attached hydrogens (tertiary/aromatic N) is 2. The Morgan fingerprint density at radius 1 is 1.12 bits per heavy atom. The Balaban J connectivity index is 1.40. The number of aromatic amines is 1. The Bertz CT molecular complexity index is 1260. The molecule has 0 radical (unpaired) electrons. The highest BCUT2D eigenvalue weighted by atomic mass is 32.2. The van der Waals surface area contributed by atoms with Gasteiger partial charge >= 0.3 is 0 Å². The first-order chi connectivity index (χ1) is 16.3. The van der Waals surface area contributed by atoms with Gasteiger partial charge in [0.25, 0.3) is 5.91 Å². The van der Waals surface area contributed by atoms with E-state index in [1.165, 1.54) is 18.2 Å². The second kappa shape index (κ2) is 8.92. The van der Waals surface area contributed by atoms with Gasteiger partial charge in [0, 0.05) is 54.9 Å². The number of benzene rings is 1. The van der Waals surface area contributed by atoms with E-state index in [4.69, 9.17) is 4.74 Å². The number of nitrogens with one attached hydrogen (secondary N) is 2. The SMILES string of the molecule is Cc1[nH]c(/C=C2\C(=O)Nc3ccc(F)cc32)c(C)c1S(=O)(=O)N1CCC(N2CCOCC2)CC1. The molecule has 34 heavy (non-hydrogen) atoms. The maximum Gasteiger partial charge on any atom is 0.256 e. The normalized spacial score (nSPS) is 21.7. The Morgan fingerprint density at radius 2 is 1.82 bits per heavy atom. The molecule has 3 aliphatic rings. The topological polar surface area (TPSA) is 94.7 Å². The Labute approximate surface area is 198 Å². The van der Waals surface area contributed by atoms with Crippen molar-refractivity contribution in [3.8, 4) is 0 Å². The van der Waals surface area contributed by atoms with Crippen molar-refractivity contribution in [1.29, 1.82) is 0 Å². The van der Waals surface area contributed by atoms with Crippen molar-refractivity contribution in [3.05, 3.63) is 46.5 Å². The lowest BCUT2D eigenvalue weighted by molar-refractivity contribution is -0.110. The third-order valence-electron chi connectivity index (χ3n) is 7.04. The molecule has 8 nitrogen and oxygen atoms in total. The van der Waals surface area contributed by atoms with E-state index >= 15 is 0 Å². The van der Waals surface area contributed by atoms with E-state index in [2.05, 4.69) is 15.2 Å². The molecule has 2 saturated heterocycles. The number of halogens is 1. The van der Waals surface area contributed by atoms with Crippen molar-refractivity contribution in [1.82, 2.24) is 14.2 Å². The Hall–Kier alpha value is -2.53. The van der Waals surface area contributed by atoms with Gasteiger partial charge in [0.2, 0.25) is 10.0 Å². The van der Waals surface area contributed by atoms with Crippen LogP contribution in [0.4, 0.5) is 10.1 Å². The van der Waals surface area contributed by atoms with Crippen molar-refractivity contribution >= 4 is 33.3 Å². The fourth-order valence-electron chi connectivity index (χ4n) is 5.25.